The molecular formula is C86H171F9N12O4. The molecule has 2 amide bonds. The minimum Gasteiger partial charge on any atom is -0.392 e. The Balaban J connectivity index is 0.000000619. The van der Waals surface area contributed by atoms with Crippen molar-refractivity contribution in [3.63, 3.8) is 0 Å². The van der Waals surface area contributed by atoms with Crippen LogP contribution >= 0.6 is 0 Å². The van der Waals surface area contributed by atoms with Crippen molar-refractivity contribution in [3.8, 4) is 0 Å². The number of aliphatic hydroxyl groups excluding tert-OH is 2. The highest BCUT2D eigenvalue weighted by Crippen LogP contribution is 2.33. The van der Waals surface area contributed by atoms with E-state index in [0.717, 1.165) is 108 Å². The average molecular weight is 1610 g/mol. The Hall–Kier alpha value is -2.17. The standard InChI is InChI=1S/C10H17F3N2O.C9H17F2N.C9H18FN.C9H18N2O.C9H19NO.2C9H19N.C8H16FN.C8H17NO.C6H11F2N/c1-9(2,3)15-5-4-14(8(16)6-15)7-10(11,12)13;1-8(2,3)12-6-4-5-9(10,11)7-12;1-9(2,3)11-6-4-5-8(10)7-11;1-9(2,3)11-6-5-10(4)8(12)7-11;1-9(2,3)10-6-4-5-8(11)7-10;1-8-5-6-10(7-8)9(2,3)4;1-9(2,3)10-7-5-4-6-8-10;1-8(2,3)10-5-4-7(9)6-10;1-8(2,3)9-5-4-7(10)6-9;1-5(2)9-3-6(7,8)4-9/h4-7H2,1-3H3;4-7H2,1-3H3;8H,4-7H2,1-3H3;5-7H2,1-4H3;8,11H,4-7H2,1-3H3;8H,5-7H2,1-4H3;4-8H2,1-3H3;7H,4-6H2,1-3H3;7,10H,4-6H2,1-3H3;5H,3-4H2,1-2H3/t;;;;;8-;;;;/m.....0..../s1. The summed E-state index contributed by atoms with van der Waals surface area (Å²) in [7, 11) is 1.86. The number of halogens is 9. The van der Waals surface area contributed by atoms with Crippen LogP contribution in [-0.4, -0.2) is 337 Å². The minimum atomic E-state index is -4.31. The molecule has 16 nitrogen and oxygen atoms in total. The number of β-amino-alcohol motifs (C(OH)–C–C–N with tert-alkyl or cyclic N) is 2. The number of likely N-dealkylation sites (tertiary alicyclic amines) is 8. The number of amides is 2. The number of rotatable bonds is 2. The summed E-state index contributed by atoms with van der Waals surface area (Å²) >= 11 is 0. The summed E-state index contributed by atoms with van der Waals surface area (Å²) in [5.74, 6) is -4.16. The van der Waals surface area contributed by atoms with Crippen molar-refractivity contribution in [2.24, 2.45) is 5.92 Å². The summed E-state index contributed by atoms with van der Waals surface area (Å²) in [6.07, 6.45) is 6.18. The first kappa shape index (κ1) is 107. The van der Waals surface area contributed by atoms with E-state index in [2.05, 4.69) is 187 Å². The highest BCUT2D eigenvalue weighted by atomic mass is 19.4. The summed E-state index contributed by atoms with van der Waals surface area (Å²) in [6.45, 7) is 79.1. The highest BCUT2D eigenvalue weighted by Gasteiger charge is 2.45. The number of carbonyl (C=O) groups is 2. The first-order valence-electron chi connectivity index (χ1n) is 42.4. The van der Waals surface area contributed by atoms with Gasteiger partial charge >= 0.3 is 6.18 Å². The molecule has 0 aromatic heterocycles. The Morgan fingerprint density at radius 2 is 0.721 bits per heavy atom. The molecule has 5 atom stereocenters. The summed E-state index contributed by atoms with van der Waals surface area (Å²) < 4.78 is 112. The smallest absolute Gasteiger partial charge is 0.392 e. The number of aliphatic hydroxyl groups is 2. The summed E-state index contributed by atoms with van der Waals surface area (Å²) in [5.41, 5.74) is 1.37. The molecule has 10 saturated heterocycles. The fourth-order valence-electron chi connectivity index (χ4n) is 14.3. The molecule has 0 aromatic carbocycles. The second-order valence-corrected chi connectivity index (χ2v) is 42.4. The molecular weight excluding hydrogens is 1440 g/mol. The van der Waals surface area contributed by atoms with E-state index in [1.807, 2.05) is 72.2 Å². The third-order valence-corrected chi connectivity index (χ3v) is 22.5. The Bertz CT molecular complexity index is 2440. The number of carbonyl (C=O) groups excluding carboxylic acids is 2. The van der Waals surface area contributed by atoms with Gasteiger partial charge in [-0.15, -0.1) is 0 Å². The number of nitrogens with zero attached hydrogens (tertiary/aromatic N) is 12. The van der Waals surface area contributed by atoms with Gasteiger partial charge in [0.15, 0.2) is 0 Å². The number of alkyl halides is 9. The zero-order valence-electron chi connectivity index (χ0n) is 76.7. The Labute approximate surface area is 673 Å². The maximum absolute atomic E-state index is 12.9. The lowest BCUT2D eigenvalue weighted by molar-refractivity contribution is -0.167. The third kappa shape index (κ3) is 45.0. The van der Waals surface area contributed by atoms with Gasteiger partial charge in [-0.2, -0.15) is 13.2 Å². The molecule has 111 heavy (non-hydrogen) atoms. The van der Waals surface area contributed by atoms with Gasteiger partial charge in [0.05, 0.1) is 44.9 Å². The lowest BCUT2D eigenvalue weighted by Gasteiger charge is -2.41. The monoisotopic (exact) mass is 1610 g/mol. The first-order valence-corrected chi connectivity index (χ1v) is 42.4. The Kier molecular flexibility index (Phi) is 43.6. The highest BCUT2D eigenvalue weighted by molar-refractivity contribution is 5.79. The van der Waals surface area contributed by atoms with Crippen molar-refractivity contribution < 1.29 is 59.3 Å². The van der Waals surface area contributed by atoms with Gasteiger partial charge < -0.3 is 20.0 Å². The van der Waals surface area contributed by atoms with Gasteiger partial charge in [-0.3, -0.25) is 58.6 Å². The zero-order valence-corrected chi connectivity index (χ0v) is 76.7. The van der Waals surface area contributed by atoms with Crippen LogP contribution in [0.15, 0.2) is 0 Å². The van der Waals surface area contributed by atoms with Crippen LogP contribution in [0.4, 0.5) is 39.5 Å². The lowest BCUT2D eigenvalue weighted by atomic mass is 9.99. The van der Waals surface area contributed by atoms with Crippen molar-refractivity contribution in [1.82, 2.24) is 58.8 Å². The van der Waals surface area contributed by atoms with Crippen LogP contribution in [0.1, 0.15) is 285 Å². The van der Waals surface area contributed by atoms with Crippen molar-refractivity contribution in [1.29, 1.82) is 0 Å². The molecule has 0 bridgehead atoms. The second-order valence-electron chi connectivity index (χ2n) is 42.4. The topological polar surface area (TPSA) is 113 Å². The van der Waals surface area contributed by atoms with Gasteiger partial charge in [0.1, 0.15) is 18.9 Å². The molecule has 4 unspecified atom stereocenters. The number of hydrogen-bond donors (Lipinski definition) is 2. The molecule has 10 fully saturated rings. The SMILES string of the molecule is CC(C)(C)N1CCC(F)C1.CC(C)(C)N1CCC(O)C1.CC(C)(C)N1CCCC(F)(F)C1.CC(C)(C)N1CCCC(F)C1.CC(C)(C)N1CCCC(O)C1.CC(C)(C)N1CCCCC1.CC(C)(C)N1CCN(CC(F)(F)F)C(=O)C1.CC(C)N1CC(F)(F)C1.CN1CCN(C(C)(C)C)CC1=O.C[C@H]1CCN(C(C)(C)C)C1. The van der Waals surface area contributed by atoms with Crippen molar-refractivity contribution in [2.75, 3.05) is 158 Å². The maximum Gasteiger partial charge on any atom is 0.406 e. The molecule has 10 aliphatic heterocycles. The van der Waals surface area contributed by atoms with Crippen LogP contribution in [0.25, 0.3) is 0 Å². The molecule has 0 radical (unpaired) electrons. The van der Waals surface area contributed by atoms with E-state index in [1.165, 1.54) is 51.9 Å². The minimum absolute atomic E-state index is 0.0509. The fraction of sp³-hybridized carbons (Fsp3) is 0.977. The molecule has 662 valence electrons. The molecule has 10 aliphatic rings. The second kappa shape index (κ2) is 45.3. The van der Waals surface area contributed by atoms with Gasteiger partial charge in [0, 0.05) is 141 Å². The molecule has 0 spiro atoms. The third-order valence-electron chi connectivity index (χ3n) is 22.5. The number of piperidine rings is 4. The van der Waals surface area contributed by atoms with Gasteiger partial charge in [0.25, 0.3) is 11.8 Å². The van der Waals surface area contributed by atoms with Crippen LogP contribution in [0.5, 0.6) is 0 Å². The van der Waals surface area contributed by atoms with Crippen LogP contribution in [0, 0.1) is 5.92 Å². The molecule has 0 aliphatic carbocycles. The van der Waals surface area contributed by atoms with E-state index in [9.17, 15) is 59.3 Å². The number of hydrogen-bond acceptors (Lipinski definition) is 14. The van der Waals surface area contributed by atoms with Crippen LogP contribution in [-0.2, 0) is 9.59 Å². The van der Waals surface area contributed by atoms with Crippen LogP contribution in [0.2, 0.25) is 0 Å². The quantitative estimate of drug-likeness (QED) is 0.256. The average Bonchev–Trinajstić information content (AvgIpc) is 1.78. The van der Waals surface area contributed by atoms with Crippen LogP contribution in [0.3, 0.4) is 0 Å². The summed E-state index contributed by atoms with van der Waals surface area (Å²) in [5, 5.41) is 18.6. The van der Waals surface area contributed by atoms with Crippen molar-refractivity contribution >= 4 is 11.8 Å². The van der Waals surface area contributed by atoms with E-state index >= 15 is 0 Å². The Morgan fingerprint density at radius 3 is 0.991 bits per heavy atom. The lowest BCUT2D eigenvalue weighted by Crippen LogP contribution is -2.58. The van der Waals surface area contributed by atoms with E-state index in [0.29, 0.717) is 43.7 Å². The molecule has 0 aromatic rings. The summed E-state index contributed by atoms with van der Waals surface area (Å²) in [4.78, 5) is 47.5. The zero-order chi connectivity index (χ0) is 86.3. The molecule has 2 N–H and O–H groups in total. The van der Waals surface area contributed by atoms with Gasteiger partial charge in [-0.1, -0.05) is 13.3 Å². The Morgan fingerprint density at radius 1 is 0.369 bits per heavy atom. The van der Waals surface area contributed by atoms with Crippen molar-refractivity contribution in [3.05, 3.63) is 0 Å². The molecule has 25 heteroatoms. The molecule has 10 rings (SSSR count). The van der Waals surface area contributed by atoms with Crippen LogP contribution < -0.4 is 0 Å². The first-order chi connectivity index (χ1) is 49.9. The predicted molar refractivity (Wildman–Crippen MR) is 445 cm³/mol. The number of piperazine rings is 2. The van der Waals surface area contributed by atoms with E-state index in [4.69, 9.17) is 0 Å². The fourth-order valence-corrected chi connectivity index (χ4v) is 14.3. The predicted octanol–water partition coefficient (Wildman–Crippen LogP) is 16.5. The molecule has 0 saturated carbocycles. The largest absolute Gasteiger partial charge is 0.406 e. The normalized spacial score (nSPS) is 26.0. The van der Waals surface area contributed by atoms with Gasteiger partial charge in [-0.05, 0) is 310 Å². The van der Waals surface area contributed by atoms with E-state index in [1.54, 1.807) is 9.80 Å². The van der Waals surface area contributed by atoms with E-state index in [-0.39, 0.29) is 102 Å². The van der Waals surface area contributed by atoms with Gasteiger partial charge in [-0.25, -0.2) is 26.3 Å². The van der Waals surface area contributed by atoms with Gasteiger partial charge in [0.2, 0.25) is 11.8 Å². The number of likely N-dealkylation sites (N-methyl/N-ethyl adjacent to an activating group) is 1. The summed E-state index contributed by atoms with van der Waals surface area (Å²) in [6, 6.07) is 0.268. The maximum atomic E-state index is 12.9. The van der Waals surface area contributed by atoms with Crippen molar-refractivity contribution in [2.45, 2.75) is 383 Å². The van der Waals surface area contributed by atoms with E-state index < -0.39 is 42.8 Å². The molecule has 10 heterocycles.